The van der Waals surface area contributed by atoms with Crippen molar-refractivity contribution >= 4 is 17.3 Å². The molecule has 0 saturated heterocycles. The van der Waals surface area contributed by atoms with Crippen LogP contribution in [0.1, 0.15) is 26.3 Å². The summed E-state index contributed by atoms with van der Waals surface area (Å²) in [6, 6.07) is 6.16. The van der Waals surface area contributed by atoms with Crippen molar-refractivity contribution in [2.45, 2.75) is 26.2 Å². The monoisotopic (exact) mass is 204 g/mol. The summed E-state index contributed by atoms with van der Waals surface area (Å²) in [5, 5.41) is 5.95. The molecule has 1 aliphatic rings. The first-order chi connectivity index (χ1) is 6.97. The van der Waals surface area contributed by atoms with Crippen LogP contribution in [-0.4, -0.2) is 12.5 Å². The summed E-state index contributed by atoms with van der Waals surface area (Å²) >= 11 is 0. The zero-order valence-corrected chi connectivity index (χ0v) is 9.35. The number of carbonyl (C=O) groups is 1. The van der Waals surface area contributed by atoms with Crippen LogP contribution in [0.25, 0.3) is 0 Å². The van der Waals surface area contributed by atoms with Crippen LogP contribution in [0.4, 0.5) is 11.4 Å². The standard InChI is InChI=1S/C12H16N2O/c1-12(2,3)8-4-5-9-10(6-8)14-11(15)7-13-9/h4-6,13H,7H2,1-3H3,(H,14,15). The van der Waals surface area contributed by atoms with Gasteiger partial charge in [-0.1, -0.05) is 26.8 Å². The molecule has 1 heterocycles. The minimum Gasteiger partial charge on any atom is -0.374 e. The molecular weight excluding hydrogens is 188 g/mol. The molecule has 1 amide bonds. The van der Waals surface area contributed by atoms with Gasteiger partial charge in [-0.15, -0.1) is 0 Å². The Morgan fingerprint density at radius 1 is 1.20 bits per heavy atom. The Hall–Kier alpha value is -1.51. The van der Waals surface area contributed by atoms with E-state index in [-0.39, 0.29) is 11.3 Å². The van der Waals surface area contributed by atoms with E-state index in [1.807, 2.05) is 12.1 Å². The molecule has 0 atom stereocenters. The van der Waals surface area contributed by atoms with Crippen molar-refractivity contribution in [1.29, 1.82) is 0 Å². The van der Waals surface area contributed by atoms with Crippen molar-refractivity contribution in [2.24, 2.45) is 0 Å². The minimum absolute atomic E-state index is 0.0218. The van der Waals surface area contributed by atoms with E-state index >= 15 is 0 Å². The molecule has 1 aromatic rings. The topological polar surface area (TPSA) is 41.1 Å². The van der Waals surface area contributed by atoms with Crippen LogP contribution in [0.3, 0.4) is 0 Å². The molecule has 0 aliphatic carbocycles. The lowest BCUT2D eigenvalue weighted by Gasteiger charge is -2.24. The second-order valence-electron chi connectivity index (χ2n) is 4.91. The molecule has 3 heteroatoms. The van der Waals surface area contributed by atoms with Crippen molar-refractivity contribution in [3.63, 3.8) is 0 Å². The summed E-state index contributed by atoms with van der Waals surface area (Å²) in [6.45, 7) is 6.84. The van der Waals surface area contributed by atoms with Crippen LogP contribution in [-0.2, 0) is 10.2 Å². The second-order valence-corrected chi connectivity index (χ2v) is 4.91. The van der Waals surface area contributed by atoms with Gasteiger partial charge in [0, 0.05) is 0 Å². The van der Waals surface area contributed by atoms with Crippen LogP contribution in [0, 0.1) is 0 Å². The molecule has 0 unspecified atom stereocenters. The average molecular weight is 204 g/mol. The Balaban J connectivity index is 2.41. The largest absolute Gasteiger partial charge is 0.374 e. The van der Waals surface area contributed by atoms with Gasteiger partial charge in [0.2, 0.25) is 5.91 Å². The highest BCUT2D eigenvalue weighted by molar-refractivity contribution is 6.00. The van der Waals surface area contributed by atoms with E-state index in [1.54, 1.807) is 0 Å². The predicted octanol–water partition coefficient (Wildman–Crippen LogP) is 2.35. The van der Waals surface area contributed by atoms with E-state index < -0.39 is 0 Å². The van der Waals surface area contributed by atoms with Crippen molar-refractivity contribution < 1.29 is 4.79 Å². The third-order valence-electron chi connectivity index (χ3n) is 2.60. The highest BCUT2D eigenvalue weighted by atomic mass is 16.2. The fraction of sp³-hybridized carbons (Fsp3) is 0.417. The third kappa shape index (κ3) is 1.96. The van der Waals surface area contributed by atoms with Gasteiger partial charge in [-0.05, 0) is 23.1 Å². The van der Waals surface area contributed by atoms with Gasteiger partial charge in [-0.3, -0.25) is 4.79 Å². The smallest absolute Gasteiger partial charge is 0.243 e. The van der Waals surface area contributed by atoms with E-state index in [0.29, 0.717) is 6.54 Å². The lowest BCUT2D eigenvalue weighted by atomic mass is 9.86. The Labute approximate surface area is 89.9 Å². The van der Waals surface area contributed by atoms with Gasteiger partial charge in [-0.2, -0.15) is 0 Å². The molecule has 0 spiro atoms. The maximum absolute atomic E-state index is 11.2. The summed E-state index contributed by atoms with van der Waals surface area (Å²) in [5.74, 6) is 0.0218. The number of rotatable bonds is 0. The molecule has 0 fully saturated rings. The zero-order chi connectivity index (χ0) is 11.1. The first-order valence-corrected chi connectivity index (χ1v) is 5.15. The molecule has 0 bridgehead atoms. The molecule has 0 aromatic heterocycles. The summed E-state index contributed by atoms with van der Waals surface area (Å²) in [4.78, 5) is 11.2. The summed E-state index contributed by atoms with van der Waals surface area (Å²) in [7, 11) is 0. The highest BCUT2D eigenvalue weighted by Crippen LogP contribution is 2.31. The Kier molecular flexibility index (Phi) is 2.18. The number of benzene rings is 1. The van der Waals surface area contributed by atoms with Crippen LogP contribution >= 0.6 is 0 Å². The molecule has 0 saturated carbocycles. The minimum atomic E-state index is 0.0218. The van der Waals surface area contributed by atoms with E-state index in [0.717, 1.165) is 11.4 Å². The molecule has 3 nitrogen and oxygen atoms in total. The maximum Gasteiger partial charge on any atom is 0.243 e. The quantitative estimate of drug-likeness (QED) is 0.681. The van der Waals surface area contributed by atoms with Gasteiger partial charge in [0.25, 0.3) is 0 Å². The fourth-order valence-electron chi connectivity index (χ4n) is 1.64. The Bertz CT molecular complexity index is 405. The Morgan fingerprint density at radius 3 is 2.60 bits per heavy atom. The van der Waals surface area contributed by atoms with E-state index in [2.05, 4.69) is 37.5 Å². The summed E-state index contributed by atoms with van der Waals surface area (Å²) in [6.07, 6.45) is 0. The van der Waals surface area contributed by atoms with Crippen LogP contribution in [0.2, 0.25) is 0 Å². The summed E-state index contributed by atoms with van der Waals surface area (Å²) in [5.41, 5.74) is 3.23. The van der Waals surface area contributed by atoms with Gasteiger partial charge < -0.3 is 10.6 Å². The molecule has 2 N–H and O–H groups in total. The van der Waals surface area contributed by atoms with Crippen LogP contribution < -0.4 is 10.6 Å². The normalized spacial score (nSPS) is 15.3. The number of anilines is 2. The van der Waals surface area contributed by atoms with Crippen molar-refractivity contribution in [1.82, 2.24) is 0 Å². The lowest BCUT2D eigenvalue weighted by Crippen LogP contribution is -2.27. The number of amides is 1. The number of hydrogen-bond acceptors (Lipinski definition) is 2. The molecule has 2 rings (SSSR count). The number of hydrogen-bond donors (Lipinski definition) is 2. The van der Waals surface area contributed by atoms with E-state index in [1.165, 1.54) is 5.56 Å². The van der Waals surface area contributed by atoms with Gasteiger partial charge in [-0.25, -0.2) is 0 Å². The van der Waals surface area contributed by atoms with E-state index in [9.17, 15) is 4.79 Å². The number of nitrogens with one attached hydrogen (secondary N) is 2. The van der Waals surface area contributed by atoms with Gasteiger partial charge >= 0.3 is 0 Å². The molecular formula is C12H16N2O. The van der Waals surface area contributed by atoms with Gasteiger partial charge in [0.1, 0.15) is 0 Å². The number of carbonyl (C=O) groups excluding carboxylic acids is 1. The molecule has 0 radical (unpaired) electrons. The Morgan fingerprint density at radius 2 is 1.93 bits per heavy atom. The lowest BCUT2D eigenvalue weighted by molar-refractivity contribution is -0.114. The van der Waals surface area contributed by atoms with E-state index in [4.69, 9.17) is 0 Å². The number of fused-ring (bicyclic) bond motifs is 1. The highest BCUT2D eigenvalue weighted by Gasteiger charge is 2.18. The molecule has 1 aromatic carbocycles. The first kappa shape index (κ1) is 10.0. The molecule has 15 heavy (non-hydrogen) atoms. The second kappa shape index (κ2) is 3.26. The average Bonchev–Trinajstić information content (AvgIpc) is 2.15. The summed E-state index contributed by atoms with van der Waals surface area (Å²) < 4.78 is 0. The van der Waals surface area contributed by atoms with Gasteiger partial charge in [0.05, 0.1) is 17.9 Å². The van der Waals surface area contributed by atoms with Crippen molar-refractivity contribution in [2.75, 3.05) is 17.2 Å². The zero-order valence-electron chi connectivity index (χ0n) is 9.35. The molecule has 80 valence electrons. The van der Waals surface area contributed by atoms with Crippen molar-refractivity contribution in [3.8, 4) is 0 Å². The van der Waals surface area contributed by atoms with Gasteiger partial charge in [0.15, 0.2) is 0 Å². The SMILES string of the molecule is CC(C)(C)c1ccc2c(c1)NC(=O)CN2. The third-order valence-corrected chi connectivity index (χ3v) is 2.60. The maximum atomic E-state index is 11.2. The van der Waals surface area contributed by atoms with Crippen molar-refractivity contribution in [3.05, 3.63) is 23.8 Å². The van der Waals surface area contributed by atoms with Crippen LogP contribution in [0.15, 0.2) is 18.2 Å². The fourth-order valence-corrected chi connectivity index (χ4v) is 1.64. The van der Waals surface area contributed by atoms with Crippen LogP contribution in [0.5, 0.6) is 0 Å². The molecule has 1 aliphatic heterocycles. The predicted molar refractivity (Wildman–Crippen MR) is 62.3 cm³/mol. The first-order valence-electron chi connectivity index (χ1n) is 5.15.